The second-order valence-electron chi connectivity index (χ2n) is 4.90. The van der Waals surface area contributed by atoms with Crippen LogP contribution >= 0.6 is 0 Å². The van der Waals surface area contributed by atoms with Crippen molar-refractivity contribution in [3.8, 4) is 0 Å². The van der Waals surface area contributed by atoms with Gasteiger partial charge in [0.1, 0.15) is 0 Å². The molecule has 2 fully saturated rings. The molecule has 1 aliphatic heterocycles. The molecule has 1 saturated carbocycles. The summed E-state index contributed by atoms with van der Waals surface area (Å²) in [6.45, 7) is 1.95. The van der Waals surface area contributed by atoms with Crippen LogP contribution in [0, 0.1) is 5.92 Å². The van der Waals surface area contributed by atoms with E-state index in [-0.39, 0.29) is 11.8 Å². The molecule has 0 aromatic rings. The fourth-order valence-corrected chi connectivity index (χ4v) is 2.69. The maximum Gasteiger partial charge on any atom is 0.223 e. The molecule has 2 unspecified atom stereocenters. The minimum atomic E-state index is 0.225. The van der Waals surface area contributed by atoms with Gasteiger partial charge in [-0.1, -0.05) is 0 Å². The Morgan fingerprint density at radius 1 is 1.25 bits per heavy atom. The molecule has 1 aliphatic carbocycles. The third-order valence-corrected chi connectivity index (χ3v) is 3.77. The van der Waals surface area contributed by atoms with Gasteiger partial charge in [-0.2, -0.15) is 0 Å². The predicted octanol–water partition coefficient (Wildman–Crippen LogP) is 0.670. The molecule has 92 valence electrons. The van der Waals surface area contributed by atoms with Gasteiger partial charge in [0.2, 0.25) is 5.91 Å². The number of piperidine rings is 1. The summed E-state index contributed by atoms with van der Waals surface area (Å²) in [6.07, 6.45) is 5.42. The number of hydrogen-bond acceptors (Lipinski definition) is 3. The highest BCUT2D eigenvalue weighted by Gasteiger charge is 2.28. The smallest absolute Gasteiger partial charge is 0.223 e. The summed E-state index contributed by atoms with van der Waals surface area (Å²) < 4.78 is 5.31. The molecule has 4 nitrogen and oxygen atoms in total. The highest BCUT2D eigenvalue weighted by molar-refractivity contribution is 5.79. The molecule has 2 rings (SSSR count). The predicted molar refractivity (Wildman–Crippen MR) is 62.2 cm³/mol. The molecule has 1 heterocycles. The maximum absolute atomic E-state index is 12.0. The van der Waals surface area contributed by atoms with Gasteiger partial charge in [0, 0.05) is 19.1 Å². The topological polar surface area (TPSA) is 50.4 Å². The average Bonchev–Trinajstić information content (AvgIpc) is 2.78. The van der Waals surface area contributed by atoms with Gasteiger partial charge in [-0.05, 0) is 45.2 Å². The zero-order chi connectivity index (χ0) is 11.4. The molecule has 0 bridgehead atoms. The van der Waals surface area contributed by atoms with Gasteiger partial charge in [0.05, 0.1) is 6.10 Å². The third-order valence-electron chi connectivity index (χ3n) is 3.77. The first-order chi connectivity index (χ1) is 7.79. The van der Waals surface area contributed by atoms with Crippen LogP contribution in [0.2, 0.25) is 0 Å². The zero-order valence-corrected chi connectivity index (χ0v) is 10.00. The molecule has 0 radical (unpaired) electrons. The first-order valence-electron chi connectivity index (χ1n) is 6.33. The van der Waals surface area contributed by atoms with E-state index < -0.39 is 0 Å². The lowest BCUT2D eigenvalue weighted by Gasteiger charge is -2.23. The van der Waals surface area contributed by atoms with E-state index in [9.17, 15) is 4.79 Å². The number of ether oxygens (including phenoxy) is 1. The monoisotopic (exact) mass is 226 g/mol. The normalized spacial score (nSPS) is 31.6. The molecule has 1 saturated heterocycles. The number of hydrogen-bond donors (Lipinski definition) is 2. The highest BCUT2D eigenvalue weighted by Crippen LogP contribution is 2.22. The van der Waals surface area contributed by atoms with Crippen molar-refractivity contribution in [2.45, 2.75) is 44.2 Å². The quantitative estimate of drug-likeness (QED) is 0.743. The van der Waals surface area contributed by atoms with E-state index in [4.69, 9.17) is 4.74 Å². The van der Waals surface area contributed by atoms with Crippen molar-refractivity contribution >= 4 is 5.91 Å². The van der Waals surface area contributed by atoms with Crippen LogP contribution in [0.1, 0.15) is 32.1 Å². The Morgan fingerprint density at radius 2 is 2.00 bits per heavy atom. The molecule has 0 aromatic carbocycles. The summed E-state index contributed by atoms with van der Waals surface area (Å²) in [6, 6.07) is 0.340. The fraction of sp³-hybridized carbons (Fsp3) is 0.917. The average molecular weight is 226 g/mol. The minimum Gasteiger partial charge on any atom is -0.381 e. The molecule has 1 amide bonds. The van der Waals surface area contributed by atoms with E-state index >= 15 is 0 Å². The van der Waals surface area contributed by atoms with Crippen molar-refractivity contribution in [3.63, 3.8) is 0 Å². The van der Waals surface area contributed by atoms with Gasteiger partial charge in [-0.25, -0.2) is 0 Å². The van der Waals surface area contributed by atoms with E-state index in [1.807, 2.05) is 0 Å². The van der Waals surface area contributed by atoms with Gasteiger partial charge in [0.15, 0.2) is 0 Å². The molecular formula is C12H22N2O2. The molecule has 4 heteroatoms. The van der Waals surface area contributed by atoms with E-state index in [0.717, 1.165) is 45.2 Å². The summed E-state index contributed by atoms with van der Waals surface area (Å²) in [5.74, 6) is 0.478. The summed E-state index contributed by atoms with van der Waals surface area (Å²) in [5, 5.41) is 6.45. The Bertz CT molecular complexity index is 239. The summed E-state index contributed by atoms with van der Waals surface area (Å²) >= 11 is 0. The van der Waals surface area contributed by atoms with Gasteiger partial charge in [-0.15, -0.1) is 0 Å². The lowest BCUT2D eigenvalue weighted by molar-refractivity contribution is -0.126. The minimum absolute atomic E-state index is 0.225. The number of nitrogens with one attached hydrogen (secondary N) is 2. The molecular weight excluding hydrogens is 204 g/mol. The molecule has 2 N–H and O–H groups in total. The Balaban J connectivity index is 1.74. The Hall–Kier alpha value is -0.610. The summed E-state index contributed by atoms with van der Waals surface area (Å²) in [4.78, 5) is 12.0. The van der Waals surface area contributed by atoms with E-state index in [1.54, 1.807) is 7.11 Å². The van der Waals surface area contributed by atoms with Crippen LogP contribution in [0.15, 0.2) is 0 Å². The molecule has 2 aliphatic rings. The van der Waals surface area contributed by atoms with Crippen molar-refractivity contribution in [1.29, 1.82) is 0 Å². The van der Waals surface area contributed by atoms with Crippen LogP contribution in [0.25, 0.3) is 0 Å². The van der Waals surface area contributed by atoms with E-state index in [0.29, 0.717) is 12.1 Å². The van der Waals surface area contributed by atoms with Crippen molar-refractivity contribution in [2.24, 2.45) is 5.92 Å². The summed E-state index contributed by atoms with van der Waals surface area (Å²) in [5.41, 5.74) is 0. The maximum atomic E-state index is 12.0. The van der Waals surface area contributed by atoms with Gasteiger partial charge >= 0.3 is 0 Å². The fourth-order valence-electron chi connectivity index (χ4n) is 2.69. The molecule has 0 spiro atoms. The summed E-state index contributed by atoms with van der Waals surface area (Å²) in [7, 11) is 1.75. The van der Waals surface area contributed by atoms with E-state index in [1.165, 1.54) is 0 Å². The van der Waals surface area contributed by atoms with Crippen LogP contribution in [0.3, 0.4) is 0 Å². The first-order valence-corrected chi connectivity index (χ1v) is 6.33. The molecule has 0 aromatic heterocycles. The molecule has 2 atom stereocenters. The first kappa shape index (κ1) is 11.9. The van der Waals surface area contributed by atoms with Gasteiger partial charge in [-0.3, -0.25) is 4.79 Å². The lowest BCUT2D eigenvalue weighted by atomic mass is 9.97. The van der Waals surface area contributed by atoms with Crippen LogP contribution < -0.4 is 10.6 Å². The Kier molecular flexibility index (Phi) is 4.18. The van der Waals surface area contributed by atoms with Crippen molar-refractivity contribution < 1.29 is 9.53 Å². The van der Waals surface area contributed by atoms with E-state index in [2.05, 4.69) is 10.6 Å². The van der Waals surface area contributed by atoms with Crippen LogP contribution in [-0.4, -0.2) is 38.3 Å². The SMILES string of the molecule is COC1CCC(NC(=O)C2CCNCC2)C1. The largest absolute Gasteiger partial charge is 0.381 e. The Labute approximate surface area is 97.1 Å². The highest BCUT2D eigenvalue weighted by atomic mass is 16.5. The number of carbonyl (C=O) groups is 1. The van der Waals surface area contributed by atoms with Crippen LogP contribution in [0.5, 0.6) is 0 Å². The van der Waals surface area contributed by atoms with Crippen molar-refractivity contribution in [2.75, 3.05) is 20.2 Å². The van der Waals surface area contributed by atoms with Crippen molar-refractivity contribution in [1.82, 2.24) is 10.6 Å². The van der Waals surface area contributed by atoms with Crippen molar-refractivity contribution in [3.05, 3.63) is 0 Å². The van der Waals surface area contributed by atoms with Gasteiger partial charge in [0.25, 0.3) is 0 Å². The number of carbonyl (C=O) groups excluding carboxylic acids is 1. The molecule has 16 heavy (non-hydrogen) atoms. The van der Waals surface area contributed by atoms with Gasteiger partial charge < -0.3 is 15.4 Å². The third kappa shape index (κ3) is 2.95. The van der Waals surface area contributed by atoms with Crippen LogP contribution in [0.4, 0.5) is 0 Å². The number of methoxy groups -OCH3 is 1. The Morgan fingerprint density at radius 3 is 2.62 bits per heavy atom. The number of rotatable bonds is 3. The standard InChI is InChI=1S/C12H22N2O2/c1-16-11-3-2-10(8-11)14-12(15)9-4-6-13-7-5-9/h9-11,13H,2-8H2,1H3,(H,14,15). The second-order valence-corrected chi connectivity index (χ2v) is 4.90. The van der Waals surface area contributed by atoms with Crippen LogP contribution in [-0.2, 0) is 9.53 Å². The lowest BCUT2D eigenvalue weighted by Crippen LogP contribution is -2.42. The zero-order valence-electron chi connectivity index (χ0n) is 10.00. The number of amides is 1. The second kappa shape index (κ2) is 5.64.